The molecular weight excluding hydrogens is 266 g/mol. The average Bonchev–Trinajstić information content (AvgIpc) is 3.21. The number of aryl methyl sites for hydroxylation is 1. The molecular formula is C15H21N5O. The first-order valence-electron chi connectivity index (χ1n) is 7.57. The van der Waals surface area contributed by atoms with Gasteiger partial charge >= 0.3 is 0 Å². The monoisotopic (exact) mass is 287 g/mol. The molecule has 1 aliphatic heterocycles. The number of hydrogen-bond donors (Lipinski definition) is 1. The van der Waals surface area contributed by atoms with E-state index in [2.05, 4.69) is 15.3 Å². The van der Waals surface area contributed by atoms with Gasteiger partial charge in [0.25, 0.3) is 0 Å². The van der Waals surface area contributed by atoms with Crippen molar-refractivity contribution in [1.29, 1.82) is 0 Å². The van der Waals surface area contributed by atoms with Crippen molar-refractivity contribution in [3.8, 4) is 0 Å². The van der Waals surface area contributed by atoms with Crippen molar-refractivity contribution >= 4 is 5.91 Å². The highest BCUT2D eigenvalue weighted by Gasteiger charge is 2.25. The zero-order chi connectivity index (χ0) is 14.5. The number of aromatic nitrogens is 4. The summed E-state index contributed by atoms with van der Waals surface area (Å²) >= 11 is 0. The molecule has 2 aromatic heterocycles. The Morgan fingerprint density at radius 1 is 1.43 bits per heavy atom. The molecule has 0 saturated carbocycles. The molecule has 0 aromatic carbocycles. The van der Waals surface area contributed by atoms with E-state index in [4.69, 9.17) is 0 Å². The quantitative estimate of drug-likeness (QED) is 0.911. The van der Waals surface area contributed by atoms with Gasteiger partial charge < -0.3 is 4.90 Å². The Morgan fingerprint density at radius 3 is 3.14 bits per heavy atom. The number of nitrogens with one attached hydrogen (secondary N) is 1. The molecule has 0 spiro atoms. The number of H-pyrrole nitrogens is 1. The summed E-state index contributed by atoms with van der Waals surface area (Å²) in [5, 5.41) is 11.2. The number of carbonyl (C=O) groups is 1. The van der Waals surface area contributed by atoms with Crippen LogP contribution in [0.5, 0.6) is 0 Å². The van der Waals surface area contributed by atoms with Crippen molar-refractivity contribution in [3.05, 3.63) is 36.4 Å². The van der Waals surface area contributed by atoms with E-state index in [9.17, 15) is 4.79 Å². The van der Waals surface area contributed by atoms with E-state index in [1.54, 1.807) is 12.4 Å². The van der Waals surface area contributed by atoms with E-state index in [0.717, 1.165) is 44.6 Å². The topological polar surface area (TPSA) is 66.8 Å². The van der Waals surface area contributed by atoms with Crippen LogP contribution in [0.15, 0.2) is 30.7 Å². The zero-order valence-corrected chi connectivity index (χ0v) is 12.1. The van der Waals surface area contributed by atoms with Crippen molar-refractivity contribution in [2.75, 3.05) is 13.1 Å². The van der Waals surface area contributed by atoms with Gasteiger partial charge in [-0.05, 0) is 31.4 Å². The fraction of sp³-hybridized carbons (Fsp3) is 0.533. The van der Waals surface area contributed by atoms with Gasteiger partial charge in [0, 0.05) is 56.3 Å². The molecule has 2 aromatic rings. The minimum absolute atomic E-state index is 0.256. The third-order valence-corrected chi connectivity index (χ3v) is 4.07. The fourth-order valence-corrected chi connectivity index (χ4v) is 2.93. The standard InChI is InChI=1S/C15H21N5O/c21-15(5-2-10-20-11-3-7-17-20)19-9-1-4-13(12-19)14-6-8-16-18-14/h3,6-8,11,13H,1-2,4-5,9-10,12H2,(H,16,18)/t13-/m1/s1. The van der Waals surface area contributed by atoms with Gasteiger partial charge in [-0.3, -0.25) is 14.6 Å². The second kappa shape index (κ2) is 6.56. The van der Waals surface area contributed by atoms with Gasteiger partial charge in [-0.2, -0.15) is 10.2 Å². The van der Waals surface area contributed by atoms with Crippen LogP contribution < -0.4 is 0 Å². The number of likely N-dealkylation sites (tertiary alicyclic amines) is 1. The average molecular weight is 287 g/mol. The highest BCUT2D eigenvalue weighted by atomic mass is 16.2. The minimum Gasteiger partial charge on any atom is -0.342 e. The highest BCUT2D eigenvalue weighted by Crippen LogP contribution is 2.25. The highest BCUT2D eigenvalue weighted by molar-refractivity contribution is 5.76. The molecule has 6 heteroatoms. The third kappa shape index (κ3) is 3.51. The molecule has 1 atom stereocenters. The Hall–Kier alpha value is -2.11. The molecule has 1 saturated heterocycles. The number of aromatic amines is 1. The zero-order valence-electron chi connectivity index (χ0n) is 12.1. The van der Waals surface area contributed by atoms with Crippen LogP contribution in [0.1, 0.15) is 37.3 Å². The van der Waals surface area contributed by atoms with Gasteiger partial charge in [0.15, 0.2) is 0 Å². The lowest BCUT2D eigenvalue weighted by Gasteiger charge is -2.32. The maximum Gasteiger partial charge on any atom is 0.222 e. The maximum absolute atomic E-state index is 12.3. The Kier molecular flexibility index (Phi) is 4.33. The smallest absolute Gasteiger partial charge is 0.222 e. The van der Waals surface area contributed by atoms with Crippen LogP contribution in [0, 0.1) is 0 Å². The van der Waals surface area contributed by atoms with Gasteiger partial charge in [-0.1, -0.05) is 0 Å². The van der Waals surface area contributed by atoms with Crippen LogP contribution in [-0.2, 0) is 11.3 Å². The summed E-state index contributed by atoms with van der Waals surface area (Å²) in [6.45, 7) is 2.49. The number of piperidine rings is 1. The summed E-state index contributed by atoms with van der Waals surface area (Å²) in [6, 6.07) is 3.91. The van der Waals surface area contributed by atoms with Crippen LogP contribution in [0.4, 0.5) is 0 Å². The third-order valence-electron chi connectivity index (χ3n) is 4.07. The summed E-state index contributed by atoms with van der Waals surface area (Å²) in [6.07, 6.45) is 9.09. The SMILES string of the molecule is O=C(CCCn1cccn1)N1CCC[C@@H](c2ccn[nH]2)C1. The Balaban J connectivity index is 1.48. The minimum atomic E-state index is 0.256. The van der Waals surface area contributed by atoms with Crippen LogP contribution in [0.25, 0.3) is 0 Å². The molecule has 0 bridgehead atoms. The summed E-state index contributed by atoms with van der Waals surface area (Å²) in [5.74, 6) is 0.655. The van der Waals surface area contributed by atoms with Crippen molar-refractivity contribution in [3.63, 3.8) is 0 Å². The van der Waals surface area contributed by atoms with Crippen LogP contribution in [0.2, 0.25) is 0 Å². The fourth-order valence-electron chi connectivity index (χ4n) is 2.93. The predicted molar refractivity (Wildman–Crippen MR) is 78.6 cm³/mol. The molecule has 112 valence electrons. The van der Waals surface area contributed by atoms with Crippen LogP contribution in [0.3, 0.4) is 0 Å². The van der Waals surface area contributed by atoms with Crippen LogP contribution >= 0.6 is 0 Å². The first-order valence-corrected chi connectivity index (χ1v) is 7.57. The van der Waals surface area contributed by atoms with Crippen molar-refractivity contribution in [2.24, 2.45) is 0 Å². The van der Waals surface area contributed by atoms with Crippen LogP contribution in [-0.4, -0.2) is 43.9 Å². The number of amides is 1. The van der Waals surface area contributed by atoms with E-state index in [-0.39, 0.29) is 5.91 Å². The maximum atomic E-state index is 12.3. The Bertz CT molecular complexity index is 549. The van der Waals surface area contributed by atoms with E-state index in [1.165, 1.54) is 0 Å². The lowest BCUT2D eigenvalue weighted by Crippen LogP contribution is -2.39. The van der Waals surface area contributed by atoms with Crippen molar-refractivity contribution in [2.45, 2.75) is 38.1 Å². The second-order valence-electron chi connectivity index (χ2n) is 5.56. The lowest BCUT2D eigenvalue weighted by atomic mass is 9.94. The number of rotatable bonds is 5. The van der Waals surface area contributed by atoms with Gasteiger partial charge in [-0.25, -0.2) is 0 Å². The molecule has 0 radical (unpaired) electrons. The largest absolute Gasteiger partial charge is 0.342 e. The Morgan fingerprint density at radius 2 is 2.38 bits per heavy atom. The van der Waals surface area contributed by atoms with E-state index >= 15 is 0 Å². The van der Waals surface area contributed by atoms with E-state index in [0.29, 0.717) is 12.3 Å². The molecule has 0 aliphatic carbocycles. The molecule has 3 heterocycles. The van der Waals surface area contributed by atoms with Gasteiger partial charge in [0.05, 0.1) is 0 Å². The molecule has 6 nitrogen and oxygen atoms in total. The number of nitrogens with zero attached hydrogens (tertiary/aromatic N) is 4. The summed E-state index contributed by atoms with van der Waals surface area (Å²) in [7, 11) is 0. The first-order chi connectivity index (χ1) is 10.3. The van der Waals surface area contributed by atoms with Crippen molar-refractivity contribution < 1.29 is 4.79 Å². The number of hydrogen-bond acceptors (Lipinski definition) is 3. The van der Waals surface area contributed by atoms with Gasteiger partial charge in [0.2, 0.25) is 5.91 Å². The molecule has 21 heavy (non-hydrogen) atoms. The summed E-state index contributed by atoms with van der Waals surface area (Å²) in [5.41, 5.74) is 1.14. The molecule has 1 fully saturated rings. The number of carbonyl (C=O) groups excluding carboxylic acids is 1. The molecule has 3 rings (SSSR count). The second-order valence-corrected chi connectivity index (χ2v) is 5.56. The van der Waals surface area contributed by atoms with E-state index in [1.807, 2.05) is 27.9 Å². The summed E-state index contributed by atoms with van der Waals surface area (Å²) < 4.78 is 1.87. The van der Waals surface area contributed by atoms with Gasteiger partial charge in [0.1, 0.15) is 0 Å². The van der Waals surface area contributed by atoms with Gasteiger partial charge in [-0.15, -0.1) is 0 Å². The first kappa shape index (κ1) is 13.9. The van der Waals surface area contributed by atoms with Crippen molar-refractivity contribution in [1.82, 2.24) is 24.9 Å². The lowest BCUT2D eigenvalue weighted by molar-refractivity contribution is -0.132. The molecule has 1 N–H and O–H groups in total. The molecule has 0 unspecified atom stereocenters. The van der Waals surface area contributed by atoms with E-state index < -0.39 is 0 Å². The normalized spacial score (nSPS) is 18.9. The predicted octanol–water partition coefficient (Wildman–Crippen LogP) is 1.79. The molecule has 1 amide bonds. The Labute approximate surface area is 124 Å². The molecule has 1 aliphatic rings. The summed E-state index contributed by atoms with van der Waals surface area (Å²) in [4.78, 5) is 14.3.